The molecule has 0 aliphatic carbocycles. The van der Waals surface area contributed by atoms with Gasteiger partial charge in [0.15, 0.2) is 11.6 Å². The summed E-state index contributed by atoms with van der Waals surface area (Å²) in [4.78, 5) is 13.6. The van der Waals surface area contributed by atoms with Crippen LogP contribution >= 0.6 is 0 Å². The number of unbranched alkanes of at least 4 members (excludes halogenated alkanes) is 2. The fraction of sp³-hybridized carbons (Fsp3) is 0.852. The van der Waals surface area contributed by atoms with E-state index in [-0.39, 0.29) is 35.9 Å². The topological polar surface area (TPSA) is 71.8 Å². The highest BCUT2D eigenvalue weighted by Gasteiger charge is 2.64. The molecule has 0 bridgehead atoms. The van der Waals surface area contributed by atoms with Gasteiger partial charge in [0.05, 0.1) is 30.9 Å². The summed E-state index contributed by atoms with van der Waals surface area (Å²) in [5.74, 6) is 0.588. The molecule has 0 aromatic heterocycles. The molecule has 7 heteroatoms. The van der Waals surface area contributed by atoms with Crippen LogP contribution < -0.4 is 10.6 Å². The summed E-state index contributed by atoms with van der Waals surface area (Å²) in [5.41, 5.74) is -1.10. The third kappa shape index (κ3) is 4.39. The molecule has 5 aliphatic heterocycles. The Morgan fingerprint density at radius 2 is 2.06 bits per heavy atom. The monoisotopic (exact) mass is 474 g/mol. The SMILES string of the molecule is CCCCCOC(=O)[C@H]1[C@H]2CC[C@H]3C[C@@]4(CCC=C[C@H](CC)O4)NC(=[N+]32)N[C@@]12CCC[C@@H](C)O2. The van der Waals surface area contributed by atoms with Gasteiger partial charge >= 0.3 is 11.9 Å². The molecule has 0 radical (unpaired) electrons. The van der Waals surface area contributed by atoms with E-state index < -0.39 is 5.72 Å². The van der Waals surface area contributed by atoms with Crippen LogP contribution in [0.1, 0.15) is 97.8 Å². The van der Waals surface area contributed by atoms with Gasteiger partial charge in [-0.15, -0.1) is 0 Å². The van der Waals surface area contributed by atoms with Gasteiger partial charge in [-0.2, -0.15) is 0 Å². The van der Waals surface area contributed by atoms with Gasteiger partial charge in [-0.1, -0.05) is 38.8 Å². The minimum atomic E-state index is -0.719. The first-order valence-corrected chi connectivity index (χ1v) is 13.9. The highest BCUT2D eigenvalue weighted by molar-refractivity contribution is 5.82. The van der Waals surface area contributed by atoms with Gasteiger partial charge in [0.1, 0.15) is 0 Å². The van der Waals surface area contributed by atoms with Crippen molar-refractivity contribution in [3.8, 4) is 0 Å². The molecule has 2 saturated heterocycles. The lowest BCUT2D eigenvalue weighted by atomic mass is 9.80. The summed E-state index contributed by atoms with van der Waals surface area (Å²) in [7, 11) is 0. The fourth-order valence-corrected chi connectivity index (χ4v) is 7.01. The molecular formula is C27H44N3O4+. The smallest absolute Gasteiger partial charge is 0.350 e. The Morgan fingerprint density at radius 3 is 2.85 bits per heavy atom. The van der Waals surface area contributed by atoms with Gasteiger partial charge < -0.3 is 14.2 Å². The molecule has 34 heavy (non-hydrogen) atoms. The number of rotatable bonds is 6. The van der Waals surface area contributed by atoms with E-state index in [4.69, 9.17) is 14.2 Å². The molecule has 7 nitrogen and oxygen atoms in total. The lowest BCUT2D eigenvalue weighted by molar-refractivity contribution is -0.609. The van der Waals surface area contributed by atoms with Crippen molar-refractivity contribution in [2.75, 3.05) is 6.61 Å². The van der Waals surface area contributed by atoms with Crippen molar-refractivity contribution in [1.29, 1.82) is 0 Å². The molecule has 2 spiro atoms. The van der Waals surface area contributed by atoms with Crippen LogP contribution in [-0.4, -0.2) is 58.9 Å². The number of nitrogens with zero attached hydrogens (tertiary/aromatic N) is 1. The van der Waals surface area contributed by atoms with E-state index in [1.54, 1.807) is 0 Å². The number of esters is 1. The van der Waals surface area contributed by atoms with Gasteiger partial charge in [0.25, 0.3) is 0 Å². The maximum absolute atomic E-state index is 13.6. The Morgan fingerprint density at radius 1 is 1.18 bits per heavy atom. The molecule has 0 amide bonds. The Balaban J connectivity index is 1.45. The van der Waals surface area contributed by atoms with Crippen molar-refractivity contribution in [3.63, 3.8) is 0 Å². The summed E-state index contributed by atoms with van der Waals surface area (Å²) >= 11 is 0. The van der Waals surface area contributed by atoms with Gasteiger partial charge in [-0.05, 0) is 51.9 Å². The predicted octanol–water partition coefficient (Wildman–Crippen LogP) is 3.96. The predicted molar refractivity (Wildman–Crippen MR) is 130 cm³/mol. The summed E-state index contributed by atoms with van der Waals surface area (Å²) < 4.78 is 21.7. The summed E-state index contributed by atoms with van der Waals surface area (Å²) in [6.45, 7) is 6.98. The van der Waals surface area contributed by atoms with E-state index in [0.717, 1.165) is 83.0 Å². The second kappa shape index (κ2) is 9.81. The highest BCUT2D eigenvalue weighted by Crippen LogP contribution is 2.45. The average Bonchev–Trinajstić information content (AvgIpc) is 3.11. The molecule has 2 fully saturated rings. The third-order valence-corrected chi connectivity index (χ3v) is 8.59. The minimum Gasteiger partial charge on any atom is -0.465 e. The molecule has 7 atom stereocenters. The summed E-state index contributed by atoms with van der Waals surface area (Å²) in [6, 6.07) is 0.457. The quantitative estimate of drug-likeness (QED) is 0.263. The van der Waals surface area contributed by atoms with Crippen LogP contribution in [0.3, 0.4) is 0 Å². The molecule has 190 valence electrons. The number of nitrogens with one attached hydrogen (secondary N) is 2. The van der Waals surface area contributed by atoms with Crippen LogP contribution in [0.5, 0.6) is 0 Å². The van der Waals surface area contributed by atoms with Crippen LogP contribution in [0.2, 0.25) is 0 Å². The van der Waals surface area contributed by atoms with Crippen LogP contribution in [0.15, 0.2) is 12.2 Å². The third-order valence-electron chi connectivity index (χ3n) is 8.59. The number of hydrogen-bond acceptors (Lipinski definition) is 6. The van der Waals surface area contributed by atoms with E-state index in [9.17, 15) is 4.79 Å². The lowest BCUT2D eigenvalue weighted by Crippen LogP contribution is -2.76. The molecule has 5 heterocycles. The number of carbonyl (C=O) groups excluding carboxylic acids is 1. The van der Waals surface area contributed by atoms with E-state index in [0.29, 0.717) is 12.6 Å². The van der Waals surface area contributed by atoms with Crippen molar-refractivity contribution in [1.82, 2.24) is 10.6 Å². The van der Waals surface area contributed by atoms with Crippen molar-refractivity contribution in [2.45, 2.75) is 134 Å². The zero-order chi connectivity index (χ0) is 23.8. The molecule has 5 aliphatic rings. The van der Waals surface area contributed by atoms with Crippen LogP contribution in [0, 0.1) is 5.92 Å². The first-order chi connectivity index (χ1) is 16.5. The lowest BCUT2D eigenvalue weighted by Gasteiger charge is -2.50. The maximum atomic E-state index is 13.6. The number of ether oxygens (including phenoxy) is 3. The molecule has 0 aromatic rings. The fourth-order valence-electron chi connectivity index (χ4n) is 7.01. The Bertz CT molecular complexity index is 829. The molecule has 0 aromatic carbocycles. The van der Waals surface area contributed by atoms with Crippen molar-refractivity contribution < 1.29 is 23.6 Å². The summed E-state index contributed by atoms with van der Waals surface area (Å²) in [5, 5.41) is 7.59. The first-order valence-electron chi connectivity index (χ1n) is 13.9. The van der Waals surface area contributed by atoms with Crippen molar-refractivity contribution >= 4 is 11.9 Å². The van der Waals surface area contributed by atoms with E-state index in [2.05, 4.69) is 48.1 Å². The molecule has 2 N–H and O–H groups in total. The zero-order valence-corrected chi connectivity index (χ0v) is 21.3. The zero-order valence-electron chi connectivity index (χ0n) is 21.3. The number of carbonyl (C=O) groups is 1. The van der Waals surface area contributed by atoms with Crippen LogP contribution in [0.25, 0.3) is 0 Å². The molecule has 0 saturated carbocycles. The van der Waals surface area contributed by atoms with Gasteiger partial charge in [0.2, 0.25) is 5.72 Å². The van der Waals surface area contributed by atoms with Crippen molar-refractivity contribution in [2.24, 2.45) is 5.92 Å². The van der Waals surface area contributed by atoms with E-state index in [1.165, 1.54) is 0 Å². The van der Waals surface area contributed by atoms with Crippen LogP contribution in [0.4, 0.5) is 0 Å². The number of hydrogen-bond donors (Lipinski definition) is 2. The number of allylic oxidation sites excluding steroid dienone is 1. The van der Waals surface area contributed by atoms with Gasteiger partial charge in [-0.25, -0.2) is 10.6 Å². The maximum Gasteiger partial charge on any atom is 0.350 e. The molecular weight excluding hydrogens is 430 g/mol. The second-order valence-corrected chi connectivity index (χ2v) is 11.1. The number of guanidine groups is 1. The second-order valence-electron chi connectivity index (χ2n) is 11.1. The Labute approximate surface area is 204 Å². The standard InChI is InChI=1S/C27H43N3O4/c1-4-6-9-17-32-24(31)23-22-14-13-20-18-26(15-8-7-12-21(5-2)34-26)28-25(30(20)22)29-27(23)16-10-11-19(3)33-27/h7,12,19-23H,4-6,8-11,13-18H2,1-3H3,(H,28,29)/p+1/t19-,20+,21+,22-,23-,26+,27-/m1/s1. The van der Waals surface area contributed by atoms with Crippen molar-refractivity contribution in [3.05, 3.63) is 12.2 Å². The molecule has 5 rings (SSSR count). The highest BCUT2D eigenvalue weighted by atomic mass is 16.6. The van der Waals surface area contributed by atoms with E-state index >= 15 is 0 Å². The van der Waals surface area contributed by atoms with Gasteiger partial charge in [-0.3, -0.25) is 9.37 Å². The molecule has 0 unspecified atom stereocenters. The summed E-state index contributed by atoms with van der Waals surface area (Å²) in [6.07, 6.45) is 16.7. The largest absolute Gasteiger partial charge is 0.465 e. The van der Waals surface area contributed by atoms with E-state index in [1.807, 2.05) is 0 Å². The Kier molecular flexibility index (Phi) is 6.95. The van der Waals surface area contributed by atoms with Crippen LogP contribution in [-0.2, 0) is 19.0 Å². The average molecular weight is 475 g/mol. The first kappa shape index (κ1) is 24.1. The Hall–Kier alpha value is -1.60. The normalized spacial score (nSPS) is 41.1. The minimum absolute atomic E-state index is 0.0938. The van der Waals surface area contributed by atoms with Gasteiger partial charge in [0, 0.05) is 19.3 Å².